The van der Waals surface area contributed by atoms with Crippen molar-refractivity contribution < 1.29 is 8.42 Å². The maximum atomic E-state index is 11.6. The van der Waals surface area contributed by atoms with Gasteiger partial charge < -0.3 is 5.32 Å². The van der Waals surface area contributed by atoms with Gasteiger partial charge in [-0.1, -0.05) is 12.1 Å². The minimum Gasteiger partial charge on any atom is -0.312 e. The molecule has 1 saturated heterocycles. The summed E-state index contributed by atoms with van der Waals surface area (Å²) < 4.78 is 24.7. The highest BCUT2D eigenvalue weighted by atomic mass is 32.2. The quantitative estimate of drug-likeness (QED) is 0.890. The van der Waals surface area contributed by atoms with Crippen LogP contribution in [0.3, 0.4) is 0 Å². The van der Waals surface area contributed by atoms with E-state index in [1.54, 1.807) is 4.31 Å². The summed E-state index contributed by atoms with van der Waals surface area (Å²) in [6.45, 7) is 2.80. The second-order valence-electron chi connectivity index (χ2n) is 5.57. The Kier molecular flexibility index (Phi) is 5.34. The molecule has 0 radical (unpaired) electrons. The number of benzene rings is 1. The molecule has 6 heteroatoms. The molecule has 114 valence electrons. The average molecular weight is 307 g/mol. The van der Waals surface area contributed by atoms with E-state index in [1.807, 2.05) is 24.3 Å². The van der Waals surface area contributed by atoms with Gasteiger partial charge in [0.1, 0.15) is 0 Å². The number of rotatable bonds is 5. The first-order valence-electron chi connectivity index (χ1n) is 7.14. The number of hydrogen-bond acceptors (Lipinski definition) is 4. The fourth-order valence-electron chi connectivity index (χ4n) is 2.61. The Bertz CT molecular complexity index is 605. The van der Waals surface area contributed by atoms with Crippen molar-refractivity contribution in [1.29, 1.82) is 5.26 Å². The average Bonchev–Trinajstić information content (AvgIpc) is 2.47. The van der Waals surface area contributed by atoms with E-state index in [0.717, 1.165) is 31.5 Å². The molecule has 2 rings (SSSR count). The Balaban J connectivity index is 1.79. The van der Waals surface area contributed by atoms with E-state index in [4.69, 9.17) is 5.26 Å². The number of piperidine rings is 1. The van der Waals surface area contributed by atoms with Crippen molar-refractivity contribution in [2.24, 2.45) is 5.92 Å². The highest BCUT2D eigenvalue weighted by molar-refractivity contribution is 7.88. The number of hydrogen-bond donors (Lipinski definition) is 1. The van der Waals surface area contributed by atoms with Crippen molar-refractivity contribution in [2.75, 3.05) is 25.9 Å². The SMILES string of the molecule is CS(=O)(=O)N1CCCC(CNCc2ccc(C#N)cc2)C1. The van der Waals surface area contributed by atoms with Crippen molar-refractivity contribution >= 4 is 10.0 Å². The third-order valence-corrected chi connectivity index (χ3v) is 5.07. The van der Waals surface area contributed by atoms with Crippen molar-refractivity contribution in [1.82, 2.24) is 9.62 Å². The van der Waals surface area contributed by atoms with Gasteiger partial charge in [-0.15, -0.1) is 0 Å². The molecule has 1 aliphatic heterocycles. The van der Waals surface area contributed by atoms with Crippen LogP contribution < -0.4 is 5.32 Å². The molecule has 1 aliphatic rings. The summed E-state index contributed by atoms with van der Waals surface area (Å²) >= 11 is 0. The zero-order chi connectivity index (χ0) is 15.3. The monoisotopic (exact) mass is 307 g/mol. The normalized spacial score (nSPS) is 20.1. The van der Waals surface area contributed by atoms with Crippen LogP contribution in [0.5, 0.6) is 0 Å². The molecule has 0 bridgehead atoms. The molecule has 0 amide bonds. The molecule has 1 aromatic rings. The van der Waals surface area contributed by atoms with E-state index in [1.165, 1.54) is 6.26 Å². The van der Waals surface area contributed by atoms with Crippen molar-refractivity contribution in [2.45, 2.75) is 19.4 Å². The molecule has 5 nitrogen and oxygen atoms in total. The topological polar surface area (TPSA) is 73.2 Å². The Hall–Kier alpha value is -1.42. The molecule has 0 saturated carbocycles. The summed E-state index contributed by atoms with van der Waals surface area (Å²) in [7, 11) is -3.07. The van der Waals surface area contributed by atoms with Crippen molar-refractivity contribution in [3.05, 3.63) is 35.4 Å². The van der Waals surface area contributed by atoms with Gasteiger partial charge >= 0.3 is 0 Å². The van der Waals surface area contributed by atoms with Crippen LogP contribution in [0.2, 0.25) is 0 Å². The molecule has 21 heavy (non-hydrogen) atoms. The Morgan fingerprint density at radius 1 is 1.38 bits per heavy atom. The lowest BCUT2D eigenvalue weighted by Gasteiger charge is -2.31. The van der Waals surface area contributed by atoms with Gasteiger partial charge in [0.05, 0.1) is 17.9 Å². The van der Waals surface area contributed by atoms with Gasteiger partial charge in [0.2, 0.25) is 10.0 Å². The van der Waals surface area contributed by atoms with Crippen LogP contribution in [0, 0.1) is 17.2 Å². The van der Waals surface area contributed by atoms with E-state index in [-0.39, 0.29) is 0 Å². The number of nitrogens with zero attached hydrogens (tertiary/aromatic N) is 2. The zero-order valence-corrected chi connectivity index (χ0v) is 13.1. The van der Waals surface area contributed by atoms with Crippen LogP contribution in [0.4, 0.5) is 0 Å². The first kappa shape index (κ1) is 16.0. The van der Waals surface area contributed by atoms with Crippen LogP contribution in [0.25, 0.3) is 0 Å². The van der Waals surface area contributed by atoms with Crippen molar-refractivity contribution in [3.63, 3.8) is 0 Å². The third-order valence-electron chi connectivity index (χ3n) is 3.80. The van der Waals surface area contributed by atoms with Crippen LogP contribution in [-0.2, 0) is 16.6 Å². The van der Waals surface area contributed by atoms with Crippen LogP contribution >= 0.6 is 0 Å². The second kappa shape index (κ2) is 7.03. The highest BCUT2D eigenvalue weighted by Gasteiger charge is 2.25. The molecular formula is C15H21N3O2S. The largest absolute Gasteiger partial charge is 0.312 e. The summed E-state index contributed by atoms with van der Waals surface area (Å²) in [5.74, 6) is 0.367. The van der Waals surface area contributed by atoms with E-state index in [9.17, 15) is 8.42 Å². The predicted octanol–water partition coefficient (Wildman–Crippen LogP) is 1.32. The Morgan fingerprint density at radius 3 is 2.71 bits per heavy atom. The smallest absolute Gasteiger partial charge is 0.211 e. The maximum Gasteiger partial charge on any atom is 0.211 e. The van der Waals surface area contributed by atoms with Gasteiger partial charge in [0.15, 0.2) is 0 Å². The second-order valence-corrected chi connectivity index (χ2v) is 7.55. The lowest BCUT2D eigenvalue weighted by Crippen LogP contribution is -2.42. The fourth-order valence-corrected chi connectivity index (χ4v) is 3.55. The number of sulfonamides is 1. The van der Waals surface area contributed by atoms with Gasteiger partial charge in [-0.05, 0) is 43.0 Å². The predicted molar refractivity (Wildman–Crippen MR) is 82.0 cm³/mol. The van der Waals surface area contributed by atoms with Gasteiger partial charge in [0.25, 0.3) is 0 Å². The molecule has 1 unspecified atom stereocenters. The van der Waals surface area contributed by atoms with Gasteiger partial charge in [-0.3, -0.25) is 0 Å². The summed E-state index contributed by atoms with van der Waals surface area (Å²) in [5, 5.41) is 12.1. The molecule has 1 aromatic carbocycles. The van der Waals surface area contributed by atoms with Crippen LogP contribution in [0.15, 0.2) is 24.3 Å². The van der Waals surface area contributed by atoms with Crippen molar-refractivity contribution in [3.8, 4) is 6.07 Å². The molecule has 1 heterocycles. The molecule has 0 spiro atoms. The minimum atomic E-state index is -3.07. The van der Waals surface area contributed by atoms with Gasteiger partial charge in [-0.2, -0.15) is 5.26 Å². The van der Waals surface area contributed by atoms with E-state index in [2.05, 4.69) is 11.4 Å². The maximum absolute atomic E-state index is 11.6. The van der Waals surface area contributed by atoms with Crippen LogP contribution in [-0.4, -0.2) is 38.6 Å². The highest BCUT2D eigenvalue weighted by Crippen LogP contribution is 2.18. The third kappa shape index (κ3) is 4.81. The molecule has 1 fully saturated rings. The minimum absolute atomic E-state index is 0.367. The zero-order valence-electron chi connectivity index (χ0n) is 12.2. The van der Waals surface area contributed by atoms with E-state index in [0.29, 0.717) is 24.6 Å². The fraction of sp³-hybridized carbons (Fsp3) is 0.533. The van der Waals surface area contributed by atoms with Crippen LogP contribution in [0.1, 0.15) is 24.0 Å². The van der Waals surface area contributed by atoms with E-state index >= 15 is 0 Å². The molecule has 0 aliphatic carbocycles. The summed E-state index contributed by atoms with van der Waals surface area (Å²) in [4.78, 5) is 0. The lowest BCUT2D eigenvalue weighted by atomic mass is 9.99. The molecule has 1 N–H and O–H groups in total. The van der Waals surface area contributed by atoms with E-state index < -0.39 is 10.0 Å². The van der Waals surface area contributed by atoms with Gasteiger partial charge in [0, 0.05) is 19.6 Å². The summed E-state index contributed by atoms with van der Waals surface area (Å²) in [6.07, 6.45) is 3.27. The summed E-state index contributed by atoms with van der Waals surface area (Å²) in [5.41, 5.74) is 1.79. The summed E-state index contributed by atoms with van der Waals surface area (Å²) in [6, 6.07) is 9.59. The lowest BCUT2D eigenvalue weighted by molar-refractivity contribution is 0.261. The number of nitrogens with one attached hydrogen (secondary N) is 1. The first-order chi connectivity index (χ1) is 9.99. The molecule has 0 aromatic heterocycles. The number of nitriles is 1. The Morgan fingerprint density at radius 2 is 2.10 bits per heavy atom. The Labute approximate surface area is 126 Å². The molecular weight excluding hydrogens is 286 g/mol. The molecule has 1 atom stereocenters. The standard InChI is InChI=1S/C15H21N3O2S/c1-21(19,20)18-8-2-3-15(12-18)11-17-10-14-6-4-13(9-16)5-7-14/h4-7,15,17H,2-3,8,10-12H2,1H3. The first-order valence-corrected chi connectivity index (χ1v) is 8.99. The van der Waals surface area contributed by atoms with Gasteiger partial charge in [-0.25, -0.2) is 12.7 Å².